The van der Waals surface area contributed by atoms with Crippen molar-refractivity contribution in [2.75, 3.05) is 0 Å². The minimum atomic E-state index is -0.386. The van der Waals surface area contributed by atoms with Crippen molar-refractivity contribution >= 4 is 22.6 Å². The Kier molecular flexibility index (Phi) is 4.55. The van der Waals surface area contributed by atoms with E-state index < -0.39 is 0 Å². The monoisotopic (exact) mass is 398 g/mol. The fraction of sp³-hybridized carbons (Fsp3) is 0.227. The molecule has 5 nitrogen and oxygen atoms in total. The Morgan fingerprint density at radius 1 is 1.25 bits per heavy atom. The van der Waals surface area contributed by atoms with Crippen molar-refractivity contribution in [3.8, 4) is 22.8 Å². The summed E-state index contributed by atoms with van der Waals surface area (Å²) in [5.74, 6) is 0.955. The lowest BCUT2D eigenvalue weighted by molar-refractivity contribution is 0.0621. The first-order chi connectivity index (χ1) is 13.3. The average molecular weight is 399 g/mol. The Hall–Kier alpha value is -2.92. The smallest absolute Gasteiger partial charge is 0.197 e. The van der Waals surface area contributed by atoms with Crippen LogP contribution >= 0.6 is 11.6 Å². The molecule has 1 aliphatic carbocycles. The number of aryl methyl sites for hydroxylation is 1. The van der Waals surface area contributed by atoms with Gasteiger partial charge in [0.2, 0.25) is 0 Å². The molecule has 28 heavy (non-hydrogen) atoms. The molecule has 144 valence electrons. The molecular formula is C22H19ClO5. The Morgan fingerprint density at radius 3 is 2.71 bits per heavy atom. The number of aliphatic hydroxyl groups excluding tert-OH is 1. The molecule has 0 bridgehead atoms. The van der Waals surface area contributed by atoms with Gasteiger partial charge in [-0.3, -0.25) is 4.79 Å². The number of aliphatic hydroxyl groups is 1. The highest BCUT2D eigenvalue weighted by molar-refractivity contribution is 6.35. The van der Waals surface area contributed by atoms with Crippen LogP contribution in [0.15, 0.2) is 57.9 Å². The highest BCUT2D eigenvalue weighted by atomic mass is 35.5. The average Bonchev–Trinajstić information content (AvgIpc) is 2.60. The summed E-state index contributed by atoms with van der Waals surface area (Å²) < 4.78 is 12.0. The third-order valence-corrected chi connectivity index (χ3v) is 5.37. The zero-order valence-corrected chi connectivity index (χ0v) is 16.0. The van der Waals surface area contributed by atoms with Crippen molar-refractivity contribution in [3.63, 3.8) is 0 Å². The lowest BCUT2D eigenvalue weighted by Crippen LogP contribution is -2.34. The Bertz CT molecular complexity index is 1140. The van der Waals surface area contributed by atoms with Crippen LogP contribution in [0, 0.1) is 12.8 Å². The summed E-state index contributed by atoms with van der Waals surface area (Å²) in [7, 11) is 0. The van der Waals surface area contributed by atoms with E-state index in [-0.39, 0.29) is 45.0 Å². The molecular weight excluding hydrogens is 380 g/mol. The summed E-state index contributed by atoms with van der Waals surface area (Å²) in [4.78, 5) is 12.6. The maximum Gasteiger partial charge on any atom is 0.197 e. The van der Waals surface area contributed by atoms with Gasteiger partial charge >= 0.3 is 0 Å². The number of phenolic OH excluding ortho intramolecular Hbond substituents is 1. The van der Waals surface area contributed by atoms with Crippen LogP contribution in [0.4, 0.5) is 0 Å². The molecule has 1 fully saturated rings. The molecule has 6 heteroatoms. The lowest BCUT2D eigenvalue weighted by Gasteiger charge is -2.35. The van der Waals surface area contributed by atoms with Gasteiger partial charge in [-0.15, -0.1) is 0 Å². The molecule has 1 aromatic heterocycles. The van der Waals surface area contributed by atoms with Crippen LogP contribution in [0.25, 0.3) is 22.3 Å². The van der Waals surface area contributed by atoms with Crippen molar-refractivity contribution < 1.29 is 19.4 Å². The van der Waals surface area contributed by atoms with E-state index in [0.717, 1.165) is 5.56 Å². The number of allylic oxidation sites excluding steroid dienone is 1. The topological polar surface area (TPSA) is 79.9 Å². The van der Waals surface area contributed by atoms with Crippen molar-refractivity contribution in [1.29, 1.82) is 0 Å². The highest BCUT2D eigenvalue weighted by Gasteiger charge is 2.33. The lowest BCUT2D eigenvalue weighted by atomic mass is 9.81. The first-order valence-electron chi connectivity index (χ1n) is 8.94. The molecule has 0 saturated heterocycles. The number of benzene rings is 2. The zero-order valence-electron chi connectivity index (χ0n) is 15.2. The van der Waals surface area contributed by atoms with Crippen LogP contribution in [0.1, 0.15) is 18.4 Å². The van der Waals surface area contributed by atoms with E-state index in [4.69, 9.17) is 20.8 Å². The molecule has 0 radical (unpaired) electrons. The third-order valence-electron chi connectivity index (χ3n) is 5.07. The first-order valence-corrected chi connectivity index (χ1v) is 9.32. The van der Waals surface area contributed by atoms with Crippen LogP contribution in [-0.4, -0.2) is 16.3 Å². The molecule has 4 rings (SSSR count). The number of hydrogen-bond donors (Lipinski definition) is 2. The van der Waals surface area contributed by atoms with Crippen molar-refractivity contribution in [2.45, 2.75) is 25.9 Å². The second-order valence-electron chi connectivity index (χ2n) is 7.14. The van der Waals surface area contributed by atoms with E-state index in [9.17, 15) is 15.0 Å². The standard InChI is InChI=1S/C22H19ClO5/c1-11-3-4-15(19(7-11)27-14-8-13(9-14)12(2)24)20-10-18(26)21-17(25)6-5-16(23)22(21)28-20/h3-7,10,13-14,24-25H,2,8-9H2,1H3/t13-,14+. The van der Waals surface area contributed by atoms with Gasteiger partial charge in [-0.25, -0.2) is 0 Å². The van der Waals surface area contributed by atoms with Crippen molar-refractivity contribution in [1.82, 2.24) is 0 Å². The number of aromatic hydroxyl groups is 1. The third kappa shape index (κ3) is 3.22. The second-order valence-corrected chi connectivity index (χ2v) is 7.55. The highest BCUT2D eigenvalue weighted by Crippen LogP contribution is 2.39. The quantitative estimate of drug-likeness (QED) is 0.578. The van der Waals surface area contributed by atoms with Crippen LogP contribution < -0.4 is 10.2 Å². The molecule has 0 amide bonds. The molecule has 3 aromatic rings. The molecule has 0 spiro atoms. The molecule has 1 aliphatic rings. The number of rotatable bonds is 4. The molecule has 0 atom stereocenters. The van der Waals surface area contributed by atoms with E-state index >= 15 is 0 Å². The van der Waals surface area contributed by atoms with Gasteiger partial charge in [0.05, 0.1) is 16.3 Å². The van der Waals surface area contributed by atoms with Gasteiger partial charge in [0, 0.05) is 12.0 Å². The number of fused-ring (bicyclic) bond motifs is 1. The fourth-order valence-corrected chi connectivity index (χ4v) is 3.59. The molecule has 0 aliphatic heterocycles. The van der Waals surface area contributed by atoms with E-state index in [1.807, 2.05) is 25.1 Å². The Morgan fingerprint density at radius 2 is 2.00 bits per heavy atom. The summed E-state index contributed by atoms with van der Waals surface area (Å²) in [6, 6.07) is 9.78. The number of ether oxygens (including phenoxy) is 1. The fourth-order valence-electron chi connectivity index (χ4n) is 3.39. The van der Waals surface area contributed by atoms with Crippen molar-refractivity contribution in [3.05, 3.63) is 69.5 Å². The van der Waals surface area contributed by atoms with Gasteiger partial charge in [0.1, 0.15) is 28.7 Å². The van der Waals surface area contributed by atoms with Gasteiger partial charge in [-0.2, -0.15) is 0 Å². The normalized spacial score (nSPS) is 18.6. The van der Waals surface area contributed by atoms with Gasteiger partial charge in [0.25, 0.3) is 0 Å². The first kappa shape index (κ1) is 18.4. The number of halogens is 1. The molecule has 1 heterocycles. The molecule has 1 saturated carbocycles. The summed E-state index contributed by atoms with van der Waals surface area (Å²) >= 11 is 6.18. The largest absolute Gasteiger partial charge is 0.513 e. The van der Waals surface area contributed by atoms with Gasteiger partial charge in [-0.1, -0.05) is 24.2 Å². The SMILES string of the molecule is C=C(O)[C@H]1C[C@@H](Oc2cc(C)ccc2-c2cc(=O)c3c(O)ccc(Cl)c3o2)C1. The minimum absolute atomic E-state index is 0.0470. The maximum atomic E-state index is 12.6. The summed E-state index contributed by atoms with van der Waals surface area (Å²) in [6.45, 7) is 5.51. The summed E-state index contributed by atoms with van der Waals surface area (Å²) in [5, 5.41) is 19.8. The van der Waals surface area contributed by atoms with Gasteiger partial charge in [-0.05, 0) is 49.6 Å². The van der Waals surface area contributed by atoms with Crippen LogP contribution in [0.5, 0.6) is 11.5 Å². The molecule has 2 N–H and O–H groups in total. The predicted octanol–water partition coefficient (Wildman–Crippen LogP) is 5.36. The van der Waals surface area contributed by atoms with Crippen molar-refractivity contribution in [2.24, 2.45) is 5.92 Å². The van der Waals surface area contributed by atoms with E-state index in [1.165, 1.54) is 18.2 Å². The minimum Gasteiger partial charge on any atom is -0.513 e. The predicted molar refractivity (Wildman–Crippen MR) is 108 cm³/mol. The number of hydrogen-bond acceptors (Lipinski definition) is 5. The van der Waals surface area contributed by atoms with Gasteiger partial charge < -0.3 is 19.4 Å². The van der Waals surface area contributed by atoms with E-state index in [0.29, 0.717) is 29.9 Å². The summed E-state index contributed by atoms with van der Waals surface area (Å²) in [5.41, 5.74) is 1.37. The van der Waals surface area contributed by atoms with Crippen LogP contribution in [0.3, 0.4) is 0 Å². The molecule has 0 unspecified atom stereocenters. The van der Waals surface area contributed by atoms with Gasteiger partial charge in [0.15, 0.2) is 11.0 Å². The zero-order chi connectivity index (χ0) is 20.0. The Labute approximate surface area is 166 Å². The van der Waals surface area contributed by atoms with E-state index in [2.05, 4.69) is 6.58 Å². The van der Waals surface area contributed by atoms with Crippen LogP contribution in [0.2, 0.25) is 5.02 Å². The van der Waals surface area contributed by atoms with Crippen LogP contribution in [-0.2, 0) is 0 Å². The molecule has 2 aromatic carbocycles. The maximum absolute atomic E-state index is 12.6. The number of phenols is 1. The Balaban J connectivity index is 1.77. The summed E-state index contributed by atoms with van der Waals surface area (Å²) in [6.07, 6.45) is 1.32. The van der Waals surface area contributed by atoms with E-state index in [1.54, 1.807) is 0 Å². The second kappa shape index (κ2) is 6.91.